The molecule has 2 unspecified atom stereocenters. The van der Waals surface area contributed by atoms with Gasteiger partial charge in [0.2, 0.25) is 0 Å². The highest BCUT2D eigenvalue weighted by atomic mass is 32.2. The second kappa shape index (κ2) is 4.91. The maximum atomic E-state index is 12.8. The summed E-state index contributed by atoms with van der Waals surface area (Å²) in [4.78, 5) is 0. The van der Waals surface area contributed by atoms with Crippen LogP contribution in [0.2, 0.25) is 0 Å². The normalized spacial score (nSPS) is 28.3. The molecule has 0 amide bonds. The summed E-state index contributed by atoms with van der Waals surface area (Å²) in [6.45, 7) is 0. The van der Waals surface area contributed by atoms with E-state index in [9.17, 15) is 8.42 Å². The first kappa shape index (κ1) is 13.1. The average molecular weight is 279 g/mol. The van der Waals surface area contributed by atoms with Gasteiger partial charge in [-0.15, -0.1) is 0 Å². The van der Waals surface area contributed by atoms with Gasteiger partial charge in [-0.1, -0.05) is 43.5 Å². The van der Waals surface area contributed by atoms with Crippen LogP contribution in [0.3, 0.4) is 0 Å². The van der Waals surface area contributed by atoms with Crippen LogP contribution in [0.25, 0.3) is 0 Å². The van der Waals surface area contributed by atoms with Crippen LogP contribution in [-0.2, 0) is 16.3 Å². The fourth-order valence-electron chi connectivity index (χ4n) is 3.55. The smallest absolute Gasteiger partial charge is 0.158 e. The maximum Gasteiger partial charge on any atom is 0.158 e. The number of nitrogens with two attached hydrogens (primary N) is 1. The van der Waals surface area contributed by atoms with Crippen molar-refractivity contribution in [3.8, 4) is 0 Å². The number of rotatable bonds is 2. The zero-order valence-electron chi connectivity index (χ0n) is 11.1. The third kappa shape index (κ3) is 2.21. The van der Waals surface area contributed by atoms with Crippen LogP contribution in [-0.4, -0.2) is 18.9 Å². The van der Waals surface area contributed by atoms with Gasteiger partial charge in [0.25, 0.3) is 0 Å². The molecule has 1 saturated carbocycles. The minimum Gasteiger partial charge on any atom is -0.323 e. The van der Waals surface area contributed by atoms with Crippen molar-refractivity contribution >= 4 is 9.84 Å². The molecule has 2 aliphatic carbocycles. The standard InChI is InChI=1S/C15H21NO2S/c16-15-13-9-5-4-6-11(13)10-14(15)19(17,18)12-7-2-1-3-8-12/h4-6,9,12,14-15H,1-3,7-8,10,16H2. The number of hydrogen-bond acceptors (Lipinski definition) is 3. The highest BCUT2D eigenvalue weighted by Gasteiger charge is 2.42. The summed E-state index contributed by atoms with van der Waals surface area (Å²) in [5.41, 5.74) is 8.34. The summed E-state index contributed by atoms with van der Waals surface area (Å²) in [6, 6.07) is 7.53. The van der Waals surface area contributed by atoms with E-state index in [4.69, 9.17) is 5.73 Å². The molecule has 19 heavy (non-hydrogen) atoms. The molecule has 1 aromatic rings. The van der Waals surface area contributed by atoms with Gasteiger partial charge in [0.15, 0.2) is 9.84 Å². The summed E-state index contributed by atoms with van der Waals surface area (Å²) in [5.74, 6) is 0. The Morgan fingerprint density at radius 2 is 1.74 bits per heavy atom. The zero-order valence-corrected chi connectivity index (χ0v) is 11.9. The lowest BCUT2D eigenvalue weighted by atomic mass is 10.0. The first-order chi connectivity index (χ1) is 9.10. The number of sulfone groups is 1. The van der Waals surface area contributed by atoms with Crippen LogP contribution in [0.1, 0.15) is 49.3 Å². The van der Waals surface area contributed by atoms with Crippen molar-refractivity contribution in [2.75, 3.05) is 0 Å². The van der Waals surface area contributed by atoms with Gasteiger partial charge < -0.3 is 5.73 Å². The Morgan fingerprint density at radius 3 is 2.42 bits per heavy atom. The molecule has 4 heteroatoms. The van der Waals surface area contributed by atoms with E-state index in [1.54, 1.807) is 0 Å². The average Bonchev–Trinajstić information content (AvgIpc) is 2.78. The summed E-state index contributed by atoms with van der Waals surface area (Å²) >= 11 is 0. The van der Waals surface area contributed by atoms with Crippen LogP contribution in [0, 0.1) is 0 Å². The van der Waals surface area contributed by atoms with Gasteiger partial charge >= 0.3 is 0 Å². The van der Waals surface area contributed by atoms with Gasteiger partial charge in [0.05, 0.1) is 10.5 Å². The lowest BCUT2D eigenvalue weighted by Crippen LogP contribution is -2.38. The van der Waals surface area contributed by atoms with E-state index in [2.05, 4.69) is 0 Å². The van der Waals surface area contributed by atoms with Crippen LogP contribution >= 0.6 is 0 Å². The molecule has 1 fully saturated rings. The van der Waals surface area contributed by atoms with Gasteiger partial charge in [-0.3, -0.25) is 0 Å². The second-order valence-electron chi connectivity index (χ2n) is 5.82. The predicted octanol–water partition coefficient (Wildman–Crippen LogP) is 2.36. The maximum absolute atomic E-state index is 12.8. The van der Waals surface area contributed by atoms with Crippen LogP contribution in [0.5, 0.6) is 0 Å². The molecule has 2 atom stereocenters. The fraction of sp³-hybridized carbons (Fsp3) is 0.600. The molecule has 2 N–H and O–H groups in total. The van der Waals surface area contributed by atoms with Crippen LogP contribution < -0.4 is 5.73 Å². The number of fused-ring (bicyclic) bond motifs is 1. The molecule has 104 valence electrons. The highest BCUT2D eigenvalue weighted by Crippen LogP contribution is 2.37. The first-order valence-corrected chi connectivity index (χ1v) is 8.78. The van der Waals surface area contributed by atoms with Crippen molar-refractivity contribution in [2.24, 2.45) is 5.73 Å². The Hall–Kier alpha value is -0.870. The van der Waals surface area contributed by atoms with Crippen molar-refractivity contribution in [3.63, 3.8) is 0 Å². The van der Waals surface area contributed by atoms with Gasteiger partial charge in [-0.2, -0.15) is 0 Å². The Morgan fingerprint density at radius 1 is 1.05 bits per heavy atom. The van der Waals surface area contributed by atoms with Crippen molar-refractivity contribution in [1.29, 1.82) is 0 Å². The molecule has 1 aromatic carbocycles. The Labute approximate surface area is 115 Å². The Kier molecular flexibility index (Phi) is 3.39. The number of hydrogen-bond donors (Lipinski definition) is 1. The SMILES string of the molecule is NC1c2ccccc2CC1S(=O)(=O)C1CCCCC1. The summed E-state index contributed by atoms with van der Waals surface area (Å²) < 4.78 is 25.6. The summed E-state index contributed by atoms with van der Waals surface area (Å²) in [5, 5.41) is -0.570. The second-order valence-corrected chi connectivity index (χ2v) is 8.27. The summed E-state index contributed by atoms with van der Waals surface area (Å²) in [7, 11) is -3.10. The van der Waals surface area contributed by atoms with E-state index < -0.39 is 15.1 Å². The molecule has 3 rings (SSSR count). The van der Waals surface area contributed by atoms with Gasteiger partial charge in [0.1, 0.15) is 0 Å². The van der Waals surface area contributed by atoms with E-state index in [0.717, 1.165) is 36.8 Å². The molecular formula is C15H21NO2S. The van der Waals surface area contributed by atoms with Gasteiger partial charge in [-0.25, -0.2) is 8.42 Å². The van der Waals surface area contributed by atoms with E-state index in [-0.39, 0.29) is 11.3 Å². The van der Waals surface area contributed by atoms with E-state index in [1.165, 1.54) is 6.42 Å². The third-order valence-corrected chi connectivity index (χ3v) is 7.38. The molecule has 0 saturated heterocycles. The molecule has 2 aliphatic rings. The van der Waals surface area contributed by atoms with Gasteiger partial charge in [-0.05, 0) is 30.4 Å². The monoisotopic (exact) mass is 279 g/mol. The van der Waals surface area contributed by atoms with Crippen LogP contribution in [0.15, 0.2) is 24.3 Å². The van der Waals surface area contributed by atoms with E-state index in [0.29, 0.717) is 6.42 Å². The zero-order chi connectivity index (χ0) is 13.5. The third-order valence-electron chi connectivity index (χ3n) is 4.67. The highest BCUT2D eigenvalue weighted by molar-refractivity contribution is 7.92. The largest absolute Gasteiger partial charge is 0.323 e. The van der Waals surface area contributed by atoms with Crippen molar-refractivity contribution in [3.05, 3.63) is 35.4 Å². The van der Waals surface area contributed by atoms with Crippen LogP contribution in [0.4, 0.5) is 0 Å². The topological polar surface area (TPSA) is 60.2 Å². The van der Waals surface area contributed by atoms with E-state index in [1.807, 2.05) is 24.3 Å². The van der Waals surface area contributed by atoms with Crippen molar-refractivity contribution in [1.82, 2.24) is 0 Å². The number of benzene rings is 1. The lowest BCUT2D eigenvalue weighted by Gasteiger charge is -2.27. The molecule has 0 radical (unpaired) electrons. The minimum atomic E-state index is -3.10. The Balaban J connectivity index is 1.88. The molecule has 0 aromatic heterocycles. The fourth-order valence-corrected chi connectivity index (χ4v) is 6.00. The van der Waals surface area contributed by atoms with Crippen molar-refractivity contribution in [2.45, 2.75) is 55.1 Å². The molecular weight excluding hydrogens is 258 g/mol. The molecule has 0 heterocycles. The molecule has 0 aliphatic heterocycles. The molecule has 0 bridgehead atoms. The molecule has 0 spiro atoms. The lowest BCUT2D eigenvalue weighted by molar-refractivity contribution is 0.473. The quantitative estimate of drug-likeness (QED) is 0.904. The first-order valence-electron chi connectivity index (χ1n) is 7.17. The van der Waals surface area contributed by atoms with Crippen molar-refractivity contribution < 1.29 is 8.42 Å². The summed E-state index contributed by atoms with van der Waals surface area (Å²) in [6.07, 6.45) is 5.49. The van der Waals surface area contributed by atoms with E-state index >= 15 is 0 Å². The Bertz CT molecular complexity index is 561. The predicted molar refractivity (Wildman–Crippen MR) is 76.7 cm³/mol. The van der Waals surface area contributed by atoms with Gasteiger partial charge in [0, 0.05) is 6.04 Å². The molecule has 3 nitrogen and oxygen atoms in total. The minimum absolute atomic E-state index is 0.161.